The number of nitrogens with zero attached hydrogens (tertiary/aromatic N) is 6. The topological polar surface area (TPSA) is 155 Å². The van der Waals surface area contributed by atoms with E-state index < -0.39 is 11.2 Å². The molecule has 3 aliphatic heterocycles. The summed E-state index contributed by atoms with van der Waals surface area (Å²) >= 11 is 8.53. The zero-order valence-corrected chi connectivity index (χ0v) is 33.1. The standard InChI is InChI=1S/C16H28BNO4.C14H20N4O2.C4H2BrClN2/c1-14(2,3)20-13(19)18-10-8-12(9-11-18)17-21-15(4,5)16(6,7)22-17;1-14(2,3)20-13(19)18-8-6-10(7-9-18)11-4-5-12(15)17-16-11;5-3-1-2-4(6)8-7-3/h8H,9-11H2,1-7H3;4-6H,7-9H2,1-3H3,(H2,15,17);1-2H. The average molecular weight is 779 g/mol. The maximum Gasteiger partial charge on any atom is 0.490 e. The molecule has 0 atom stereocenters. The van der Waals surface area contributed by atoms with E-state index in [1.807, 2.05) is 87.5 Å². The molecule has 16 heteroatoms. The van der Waals surface area contributed by atoms with Gasteiger partial charge < -0.3 is 34.3 Å². The van der Waals surface area contributed by atoms with Crippen molar-refractivity contribution in [3.63, 3.8) is 0 Å². The number of nitrogen functional groups attached to an aromatic ring is 1. The average Bonchev–Trinajstić information content (AvgIpc) is 3.24. The Kier molecular flexibility index (Phi) is 13.9. The molecule has 2 aromatic rings. The fourth-order valence-corrected chi connectivity index (χ4v) is 4.91. The molecule has 0 bridgehead atoms. The maximum atomic E-state index is 12.1. The highest BCUT2D eigenvalue weighted by Gasteiger charge is 2.52. The summed E-state index contributed by atoms with van der Waals surface area (Å²) in [5.41, 5.74) is 6.91. The Balaban J connectivity index is 0.000000223. The van der Waals surface area contributed by atoms with Gasteiger partial charge >= 0.3 is 19.3 Å². The molecule has 1 saturated heterocycles. The van der Waals surface area contributed by atoms with Crippen molar-refractivity contribution in [2.24, 2.45) is 0 Å². The minimum absolute atomic E-state index is 0.267. The van der Waals surface area contributed by atoms with Crippen LogP contribution in [0.5, 0.6) is 0 Å². The van der Waals surface area contributed by atoms with E-state index in [1.165, 1.54) is 0 Å². The van der Waals surface area contributed by atoms with Crippen molar-refractivity contribution in [2.75, 3.05) is 31.9 Å². The van der Waals surface area contributed by atoms with Crippen LogP contribution in [0.4, 0.5) is 15.4 Å². The zero-order chi connectivity index (χ0) is 37.5. The molecule has 0 aliphatic carbocycles. The van der Waals surface area contributed by atoms with Crippen LogP contribution in [0.2, 0.25) is 5.15 Å². The van der Waals surface area contributed by atoms with Gasteiger partial charge in [-0.3, -0.25) is 0 Å². The lowest BCUT2D eigenvalue weighted by molar-refractivity contribution is 0.00578. The number of aromatic nitrogens is 4. The second-order valence-electron chi connectivity index (χ2n) is 15.0. The molecule has 3 aliphatic rings. The maximum absolute atomic E-state index is 12.1. The summed E-state index contributed by atoms with van der Waals surface area (Å²) < 4.78 is 23.6. The first-order valence-electron chi connectivity index (χ1n) is 16.5. The smallest absolute Gasteiger partial charge is 0.444 e. The second kappa shape index (κ2) is 16.8. The number of nitrogens with two attached hydrogens (primary N) is 1. The van der Waals surface area contributed by atoms with Crippen LogP contribution in [0, 0.1) is 0 Å². The van der Waals surface area contributed by atoms with E-state index in [2.05, 4.69) is 36.3 Å². The summed E-state index contributed by atoms with van der Waals surface area (Å²) in [5, 5.41) is 15.5. The minimum Gasteiger partial charge on any atom is -0.444 e. The van der Waals surface area contributed by atoms with Gasteiger partial charge in [0.2, 0.25) is 0 Å². The second-order valence-corrected chi connectivity index (χ2v) is 16.2. The van der Waals surface area contributed by atoms with Gasteiger partial charge in [-0.05, 0) is 133 Å². The van der Waals surface area contributed by atoms with Crippen LogP contribution in [-0.4, -0.2) is 98.1 Å². The predicted octanol–water partition coefficient (Wildman–Crippen LogP) is 7.16. The summed E-state index contributed by atoms with van der Waals surface area (Å²) in [7, 11) is -0.314. The Hall–Kier alpha value is -3.27. The third-order valence-corrected chi connectivity index (χ3v) is 8.55. The van der Waals surface area contributed by atoms with Crippen LogP contribution in [0.15, 0.2) is 46.5 Å². The Morgan fingerprint density at radius 1 is 0.820 bits per heavy atom. The van der Waals surface area contributed by atoms with Crippen molar-refractivity contribution in [1.29, 1.82) is 0 Å². The molecule has 0 radical (unpaired) electrons. The van der Waals surface area contributed by atoms with Gasteiger partial charge in [0.25, 0.3) is 0 Å². The summed E-state index contributed by atoms with van der Waals surface area (Å²) in [6.07, 6.45) is 4.94. The number of halogens is 2. The third kappa shape index (κ3) is 12.8. The minimum atomic E-state index is -0.469. The fourth-order valence-electron chi connectivity index (χ4n) is 4.59. The number of hydrogen-bond donors (Lipinski definition) is 1. The third-order valence-electron chi connectivity index (χ3n) is 7.93. The lowest BCUT2D eigenvalue weighted by atomic mass is 9.75. The Labute approximate surface area is 309 Å². The summed E-state index contributed by atoms with van der Waals surface area (Å²) in [4.78, 5) is 27.4. The Morgan fingerprint density at radius 3 is 1.74 bits per heavy atom. The molecule has 1 fully saturated rings. The van der Waals surface area contributed by atoms with Gasteiger partial charge in [0, 0.05) is 26.2 Å². The molecule has 5 rings (SSSR count). The van der Waals surface area contributed by atoms with Gasteiger partial charge in [0.1, 0.15) is 21.6 Å². The molecule has 2 aromatic heterocycles. The predicted molar refractivity (Wildman–Crippen MR) is 198 cm³/mol. The highest BCUT2D eigenvalue weighted by Crippen LogP contribution is 2.39. The number of ether oxygens (including phenoxy) is 2. The SMILES string of the molecule is CC(C)(C)OC(=O)N1CC=C(B2OC(C)(C)C(C)(C)O2)CC1.CC(C)(C)OC(=O)N1CC=C(c2ccc(N)nn2)CC1.Clc1ccc(Br)nn1. The van der Waals surface area contributed by atoms with Gasteiger partial charge in [-0.25, -0.2) is 9.59 Å². The van der Waals surface area contributed by atoms with Gasteiger partial charge in [-0.2, -0.15) is 0 Å². The van der Waals surface area contributed by atoms with Crippen molar-refractivity contribution >= 4 is 58.2 Å². The van der Waals surface area contributed by atoms with Gasteiger partial charge in [-0.15, -0.1) is 20.4 Å². The van der Waals surface area contributed by atoms with E-state index in [0.717, 1.165) is 29.6 Å². The van der Waals surface area contributed by atoms with Crippen molar-refractivity contribution in [3.8, 4) is 0 Å². The van der Waals surface area contributed by atoms with Crippen LogP contribution in [0.1, 0.15) is 87.8 Å². The lowest BCUT2D eigenvalue weighted by Gasteiger charge is -2.32. The molecule has 13 nitrogen and oxygen atoms in total. The van der Waals surface area contributed by atoms with Crippen LogP contribution in [-0.2, 0) is 18.8 Å². The molecule has 0 saturated carbocycles. The fraction of sp³-hybridized carbons (Fsp3) is 0.588. The van der Waals surface area contributed by atoms with Crippen molar-refractivity contribution in [3.05, 3.63) is 57.3 Å². The van der Waals surface area contributed by atoms with E-state index in [-0.39, 0.29) is 30.5 Å². The molecule has 5 heterocycles. The number of rotatable bonds is 2. The molecule has 0 unspecified atom stereocenters. The van der Waals surface area contributed by atoms with Gasteiger partial charge in [0.15, 0.2) is 5.15 Å². The first-order chi connectivity index (χ1) is 23.0. The molecule has 50 heavy (non-hydrogen) atoms. The van der Waals surface area contributed by atoms with Crippen molar-refractivity contribution in [1.82, 2.24) is 30.2 Å². The van der Waals surface area contributed by atoms with Crippen LogP contribution >= 0.6 is 27.5 Å². The quantitative estimate of drug-likeness (QED) is 0.309. The Morgan fingerprint density at radius 2 is 1.36 bits per heavy atom. The number of amides is 2. The monoisotopic (exact) mass is 777 g/mol. The number of hydrogen-bond acceptors (Lipinski definition) is 11. The summed E-state index contributed by atoms with van der Waals surface area (Å²) in [6, 6.07) is 6.97. The van der Waals surface area contributed by atoms with E-state index in [1.54, 1.807) is 28.0 Å². The van der Waals surface area contributed by atoms with Gasteiger partial charge in [-0.1, -0.05) is 23.8 Å². The molecule has 274 valence electrons. The van der Waals surface area contributed by atoms with E-state index >= 15 is 0 Å². The highest BCUT2D eigenvalue weighted by molar-refractivity contribution is 9.10. The molecule has 0 aromatic carbocycles. The summed E-state index contributed by atoms with van der Waals surface area (Å²) in [5.74, 6) is 0.403. The normalized spacial score (nSPS) is 18.4. The van der Waals surface area contributed by atoms with Gasteiger partial charge in [0.05, 0.1) is 16.9 Å². The number of carbonyl (C=O) groups excluding carboxylic acids is 2. The highest BCUT2D eigenvalue weighted by atomic mass is 79.9. The van der Waals surface area contributed by atoms with Crippen molar-refractivity contribution in [2.45, 2.75) is 104 Å². The molecule has 2 N–H and O–H groups in total. The molecular formula is C34H50BBrClN7O6. The first-order valence-corrected chi connectivity index (χ1v) is 17.7. The first kappa shape index (κ1) is 41.2. The van der Waals surface area contributed by atoms with Crippen LogP contribution in [0.3, 0.4) is 0 Å². The number of carbonyl (C=O) groups is 2. The molecule has 2 amide bonds. The molecular weight excluding hydrogens is 729 g/mol. The number of anilines is 1. The zero-order valence-electron chi connectivity index (χ0n) is 30.8. The molecule has 0 spiro atoms. The van der Waals surface area contributed by atoms with Crippen LogP contribution in [0.25, 0.3) is 5.57 Å². The Bertz CT molecular complexity index is 1490. The lowest BCUT2D eigenvalue weighted by Crippen LogP contribution is -2.41. The van der Waals surface area contributed by atoms with E-state index in [0.29, 0.717) is 41.8 Å². The van der Waals surface area contributed by atoms with Crippen molar-refractivity contribution < 1.29 is 28.4 Å². The van der Waals surface area contributed by atoms with E-state index in [9.17, 15) is 9.59 Å². The summed E-state index contributed by atoms with van der Waals surface area (Å²) in [6.45, 7) is 21.7. The van der Waals surface area contributed by atoms with E-state index in [4.69, 9.17) is 36.1 Å². The largest absolute Gasteiger partial charge is 0.490 e. The van der Waals surface area contributed by atoms with Crippen LogP contribution < -0.4 is 5.73 Å².